The fourth-order valence-corrected chi connectivity index (χ4v) is 2.56. The molecule has 1 nitrogen and oxygen atoms in total. The minimum atomic E-state index is 0.337. The van der Waals surface area contributed by atoms with Gasteiger partial charge in [0.1, 0.15) is 0 Å². The molecule has 0 amide bonds. The van der Waals surface area contributed by atoms with E-state index in [0.29, 0.717) is 6.61 Å². The molecule has 0 saturated heterocycles. The van der Waals surface area contributed by atoms with E-state index in [9.17, 15) is 0 Å². The summed E-state index contributed by atoms with van der Waals surface area (Å²) in [6, 6.07) is 7.03. The van der Waals surface area contributed by atoms with Gasteiger partial charge in [-0.1, -0.05) is 24.6 Å². The summed E-state index contributed by atoms with van der Waals surface area (Å²) < 4.78 is 0. The van der Waals surface area contributed by atoms with E-state index in [1.54, 1.807) is 11.1 Å². The van der Waals surface area contributed by atoms with Gasteiger partial charge in [-0.15, -0.1) is 0 Å². The highest BCUT2D eigenvalue weighted by molar-refractivity contribution is 5.33. The zero-order valence-electron chi connectivity index (χ0n) is 10.0. The van der Waals surface area contributed by atoms with E-state index in [4.69, 9.17) is 5.11 Å². The van der Waals surface area contributed by atoms with Gasteiger partial charge in [0.2, 0.25) is 0 Å². The number of benzene rings is 1. The molecular weight excluding hydrogens is 196 g/mol. The monoisotopic (exact) mass is 218 g/mol. The van der Waals surface area contributed by atoms with Crippen molar-refractivity contribution >= 4 is 0 Å². The second-order valence-electron chi connectivity index (χ2n) is 4.84. The van der Waals surface area contributed by atoms with Crippen molar-refractivity contribution in [3.05, 3.63) is 34.9 Å². The minimum Gasteiger partial charge on any atom is -0.396 e. The lowest BCUT2D eigenvalue weighted by Gasteiger charge is -2.16. The first-order chi connectivity index (χ1) is 7.90. The summed E-state index contributed by atoms with van der Waals surface area (Å²) in [5, 5.41) is 8.72. The van der Waals surface area contributed by atoms with Crippen LogP contribution in [0.15, 0.2) is 18.2 Å². The number of hydrogen-bond acceptors (Lipinski definition) is 1. The summed E-state index contributed by atoms with van der Waals surface area (Å²) in [5.41, 5.74) is 4.65. The maximum atomic E-state index is 8.72. The molecule has 1 aliphatic rings. The van der Waals surface area contributed by atoms with Crippen LogP contribution in [0.5, 0.6) is 0 Å². The number of fused-ring (bicyclic) bond motifs is 1. The Morgan fingerprint density at radius 1 is 0.938 bits per heavy atom. The molecule has 0 aliphatic heterocycles. The van der Waals surface area contributed by atoms with E-state index < -0.39 is 0 Å². The summed E-state index contributed by atoms with van der Waals surface area (Å²) in [5.74, 6) is 0. The Morgan fingerprint density at radius 2 is 1.75 bits per heavy atom. The Morgan fingerprint density at radius 3 is 2.56 bits per heavy atom. The van der Waals surface area contributed by atoms with E-state index >= 15 is 0 Å². The van der Waals surface area contributed by atoms with E-state index in [1.165, 1.54) is 44.1 Å². The van der Waals surface area contributed by atoms with Gasteiger partial charge < -0.3 is 5.11 Å². The van der Waals surface area contributed by atoms with Crippen molar-refractivity contribution in [3.8, 4) is 0 Å². The highest BCUT2D eigenvalue weighted by Gasteiger charge is 2.08. The molecule has 0 fully saturated rings. The van der Waals surface area contributed by atoms with Crippen molar-refractivity contribution in [1.82, 2.24) is 0 Å². The third kappa shape index (κ3) is 3.08. The highest BCUT2D eigenvalue weighted by Crippen LogP contribution is 2.22. The smallest absolute Gasteiger partial charge is 0.0431 e. The van der Waals surface area contributed by atoms with Crippen LogP contribution in [0.3, 0.4) is 0 Å². The summed E-state index contributed by atoms with van der Waals surface area (Å²) in [6.07, 6.45) is 9.76. The minimum absolute atomic E-state index is 0.337. The van der Waals surface area contributed by atoms with Crippen LogP contribution in [0, 0.1) is 0 Å². The first-order valence-electron chi connectivity index (χ1n) is 6.61. The maximum Gasteiger partial charge on any atom is 0.0431 e. The molecule has 2 rings (SSSR count). The molecule has 0 saturated carbocycles. The Kier molecular flexibility index (Phi) is 4.41. The molecule has 0 spiro atoms. The Hall–Kier alpha value is -0.820. The SMILES string of the molecule is OCCCCCc1ccc2c(c1)CCCC2. The van der Waals surface area contributed by atoms with Crippen molar-refractivity contribution in [1.29, 1.82) is 0 Å². The van der Waals surface area contributed by atoms with Crippen LogP contribution < -0.4 is 0 Å². The first-order valence-corrected chi connectivity index (χ1v) is 6.61. The molecule has 0 heterocycles. The molecule has 88 valence electrons. The summed E-state index contributed by atoms with van der Waals surface area (Å²) in [4.78, 5) is 0. The summed E-state index contributed by atoms with van der Waals surface area (Å²) >= 11 is 0. The third-order valence-electron chi connectivity index (χ3n) is 3.54. The Bertz CT molecular complexity index is 330. The summed E-state index contributed by atoms with van der Waals surface area (Å²) in [6.45, 7) is 0.337. The molecule has 0 radical (unpaired) electrons. The van der Waals surface area contributed by atoms with Crippen molar-refractivity contribution in [2.75, 3.05) is 6.61 Å². The van der Waals surface area contributed by atoms with Gasteiger partial charge in [0.25, 0.3) is 0 Å². The quantitative estimate of drug-likeness (QED) is 0.752. The van der Waals surface area contributed by atoms with Crippen molar-refractivity contribution in [3.63, 3.8) is 0 Å². The van der Waals surface area contributed by atoms with Gasteiger partial charge in [-0.25, -0.2) is 0 Å². The van der Waals surface area contributed by atoms with Gasteiger partial charge in [0, 0.05) is 6.61 Å². The number of aryl methyl sites for hydroxylation is 3. The molecule has 1 aliphatic carbocycles. The lowest BCUT2D eigenvalue weighted by Crippen LogP contribution is -2.03. The zero-order valence-corrected chi connectivity index (χ0v) is 10.0. The normalized spacial score (nSPS) is 14.8. The van der Waals surface area contributed by atoms with Gasteiger partial charge in [0.15, 0.2) is 0 Å². The first kappa shape index (κ1) is 11.7. The van der Waals surface area contributed by atoms with Crippen LogP contribution in [-0.2, 0) is 19.3 Å². The molecule has 0 atom stereocenters. The summed E-state index contributed by atoms with van der Waals surface area (Å²) in [7, 11) is 0. The van der Waals surface area contributed by atoms with Crippen LogP contribution in [-0.4, -0.2) is 11.7 Å². The number of hydrogen-bond donors (Lipinski definition) is 1. The zero-order chi connectivity index (χ0) is 11.2. The van der Waals surface area contributed by atoms with Gasteiger partial charge in [-0.05, 0) is 61.6 Å². The molecule has 1 heteroatoms. The molecule has 1 N–H and O–H groups in total. The average Bonchev–Trinajstić information content (AvgIpc) is 2.34. The van der Waals surface area contributed by atoms with Crippen molar-refractivity contribution in [2.45, 2.75) is 51.4 Å². The van der Waals surface area contributed by atoms with Crippen LogP contribution in [0.1, 0.15) is 48.8 Å². The highest BCUT2D eigenvalue weighted by atomic mass is 16.2. The topological polar surface area (TPSA) is 20.2 Å². The van der Waals surface area contributed by atoms with Crippen LogP contribution in [0.25, 0.3) is 0 Å². The van der Waals surface area contributed by atoms with E-state index in [0.717, 1.165) is 12.8 Å². The lowest BCUT2D eigenvalue weighted by atomic mass is 9.89. The number of unbranched alkanes of at least 4 members (excludes halogenated alkanes) is 2. The second kappa shape index (κ2) is 6.05. The fraction of sp³-hybridized carbons (Fsp3) is 0.600. The standard InChI is InChI=1S/C15H22O/c16-11-5-1-2-6-13-9-10-14-7-3-4-8-15(14)12-13/h9-10,12,16H,1-8,11H2. The van der Waals surface area contributed by atoms with Crippen molar-refractivity contribution < 1.29 is 5.11 Å². The van der Waals surface area contributed by atoms with Crippen LogP contribution in [0.2, 0.25) is 0 Å². The number of aliphatic hydroxyl groups excluding tert-OH is 1. The predicted molar refractivity (Wildman–Crippen MR) is 67.7 cm³/mol. The van der Waals surface area contributed by atoms with E-state index in [-0.39, 0.29) is 0 Å². The Labute approximate surface area is 98.5 Å². The van der Waals surface area contributed by atoms with Crippen LogP contribution in [0.4, 0.5) is 0 Å². The van der Waals surface area contributed by atoms with Gasteiger partial charge in [-0.3, -0.25) is 0 Å². The molecular formula is C15H22O. The third-order valence-corrected chi connectivity index (χ3v) is 3.54. The molecule has 16 heavy (non-hydrogen) atoms. The molecule has 1 aromatic carbocycles. The van der Waals surface area contributed by atoms with E-state index in [2.05, 4.69) is 18.2 Å². The average molecular weight is 218 g/mol. The predicted octanol–water partition coefficient (Wildman–Crippen LogP) is 3.27. The number of aliphatic hydroxyl groups is 1. The molecule has 1 aromatic rings. The van der Waals surface area contributed by atoms with E-state index in [1.807, 2.05) is 0 Å². The Balaban J connectivity index is 1.90. The maximum absolute atomic E-state index is 8.72. The van der Waals surface area contributed by atoms with Crippen LogP contribution >= 0.6 is 0 Å². The fourth-order valence-electron chi connectivity index (χ4n) is 2.56. The largest absolute Gasteiger partial charge is 0.396 e. The number of rotatable bonds is 5. The van der Waals surface area contributed by atoms with Gasteiger partial charge in [-0.2, -0.15) is 0 Å². The molecule has 0 aromatic heterocycles. The van der Waals surface area contributed by atoms with Gasteiger partial charge >= 0.3 is 0 Å². The molecule has 0 bridgehead atoms. The van der Waals surface area contributed by atoms with Gasteiger partial charge in [0.05, 0.1) is 0 Å². The lowest BCUT2D eigenvalue weighted by molar-refractivity contribution is 0.283. The van der Waals surface area contributed by atoms with Crippen molar-refractivity contribution in [2.24, 2.45) is 0 Å². The molecule has 0 unspecified atom stereocenters. The second-order valence-corrected chi connectivity index (χ2v) is 4.84.